The second-order valence-corrected chi connectivity index (χ2v) is 3.94. The van der Waals surface area contributed by atoms with E-state index < -0.39 is 41.8 Å². The molecule has 0 aliphatic rings. The standard InChI is InChI=1S/C13H8O9/c14-6(7-1-2-8(21-7)11(15)16)5-20-13(19)10-4-3-9(22-10)12(17)18/h1-4H,5H2,(H,15,16)(H,17,18). The highest BCUT2D eigenvalue weighted by molar-refractivity contribution is 5.98. The summed E-state index contributed by atoms with van der Waals surface area (Å²) in [5.41, 5.74) is 0. The number of aromatic carboxylic acids is 2. The van der Waals surface area contributed by atoms with Gasteiger partial charge in [-0.25, -0.2) is 14.4 Å². The van der Waals surface area contributed by atoms with Crippen LogP contribution in [0.15, 0.2) is 33.1 Å². The van der Waals surface area contributed by atoms with Gasteiger partial charge in [-0.2, -0.15) is 0 Å². The van der Waals surface area contributed by atoms with Crippen molar-refractivity contribution in [3.63, 3.8) is 0 Å². The van der Waals surface area contributed by atoms with Gasteiger partial charge in [0, 0.05) is 0 Å². The molecule has 22 heavy (non-hydrogen) atoms. The summed E-state index contributed by atoms with van der Waals surface area (Å²) in [5.74, 6) is -6.02. The minimum absolute atomic E-state index is 0.282. The summed E-state index contributed by atoms with van der Waals surface area (Å²) in [7, 11) is 0. The van der Waals surface area contributed by atoms with Gasteiger partial charge in [0.05, 0.1) is 0 Å². The number of Topliss-reactive ketones (excluding diaryl/α,β-unsaturated/α-hetero) is 1. The van der Waals surface area contributed by atoms with Crippen molar-refractivity contribution < 1.29 is 43.0 Å². The first-order valence-corrected chi connectivity index (χ1v) is 5.75. The molecule has 0 atom stereocenters. The Bertz CT molecular complexity index is 685. The first-order chi connectivity index (χ1) is 10.4. The third-order valence-electron chi connectivity index (χ3n) is 2.44. The van der Waals surface area contributed by atoms with Gasteiger partial charge in [-0.05, 0) is 24.3 Å². The highest BCUT2D eigenvalue weighted by atomic mass is 16.5. The van der Waals surface area contributed by atoms with Crippen molar-refractivity contribution in [2.45, 2.75) is 0 Å². The molecule has 0 aromatic carbocycles. The van der Waals surface area contributed by atoms with Crippen LogP contribution in [0.1, 0.15) is 42.2 Å². The molecule has 2 aromatic heterocycles. The topological polar surface area (TPSA) is 144 Å². The highest BCUT2D eigenvalue weighted by Crippen LogP contribution is 2.11. The molecule has 0 amide bonds. The number of furan rings is 2. The van der Waals surface area contributed by atoms with Crippen molar-refractivity contribution in [2.24, 2.45) is 0 Å². The van der Waals surface area contributed by atoms with Crippen LogP contribution in [0.5, 0.6) is 0 Å². The van der Waals surface area contributed by atoms with Crippen LogP contribution in [0, 0.1) is 0 Å². The number of carbonyl (C=O) groups is 4. The SMILES string of the molecule is O=C(O)c1ccc(C(=O)COC(=O)c2ccc(C(=O)O)o2)o1. The lowest BCUT2D eigenvalue weighted by molar-refractivity contribution is 0.0430. The minimum Gasteiger partial charge on any atom is -0.475 e. The molecule has 0 spiro atoms. The quantitative estimate of drug-likeness (QED) is 0.595. The maximum Gasteiger partial charge on any atom is 0.374 e. The fraction of sp³-hybridized carbons (Fsp3) is 0.0769. The van der Waals surface area contributed by atoms with Crippen molar-refractivity contribution in [3.8, 4) is 0 Å². The molecule has 0 unspecified atom stereocenters. The molecular weight excluding hydrogens is 300 g/mol. The molecule has 2 heterocycles. The van der Waals surface area contributed by atoms with Crippen LogP contribution in [0.3, 0.4) is 0 Å². The second kappa shape index (κ2) is 5.95. The lowest BCUT2D eigenvalue weighted by atomic mass is 10.3. The number of carboxylic acids is 2. The van der Waals surface area contributed by atoms with E-state index in [-0.39, 0.29) is 11.5 Å². The van der Waals surface area contributed by atoms with Gasteiger partial charge in [-0.15, -0.1) is 0 Å². The average Bonchev–Trinajstić information content (AvgIpc) is 3.12. The molecule has 0 aliphatic carbocycles. The van der Waals surface area contributed by atoms with E-state index in [1.165, 1.54) is 0 Å². The zero-order chi connectivity index (χ0) is 16.3. The van der Waals surface area contributed by atoms with Crippen molar-refractivity contribution >= 4 is 23.7 Å². The Kier molecular flexibility index (Phi) is 4.07. The van der Waals surface area contributed by atoms with E-state index in [1.807, 2.05) is 0 Å². The van der Waals surface area contributed by atoms with Crippen molar-refractivity contribution in [1.29, 1.82) is 0 Å². The number of carboxylic acid groups (broad SMARTS) is 2. The van der Waals surface area contributed by atoms with Gasteiger partial charge >= 0.3 is 17.9 Å². The molecule has 0 bridgehead atoms. The van der Waals surface area contributed by atoms with E-state index in [1.54, 1.807) is 0 Å². The molecule has 114 valence electrons. The summed E-state index contributed by atoms with van der Waals surface area (Å²) in [6, 6.07) is 4.37. The Hall–Kier alpha value is -3.36. The predicted octanol–water partition coefficient (Wildman–Crippen LogP) is 1.31. The van der Waals surface area contributed by atoms with Gasteiger partial charge in [-0.3, -0.25) is 4.79 Å². The second-order valence-electron chi connectivity index (χ2n) is 3.94. The Labute approximate surface area is 121 Å². The van der Waals surface area contributed by atoms with Gasteiger partial charge in [-0.1, -0.05) is 0 Å². The normalized spacial score (nSPS) is 10.2. The van der Waals surface area contributed by atoms with Gasteiger partial charge in [0.15, 0.2) is 12.4 Å². The van der Waals surface area contributed by atoms with E-state index in [0.717, 1.165) is 24.3 Å². The number of rotatable bonds is 6. The molecule has 2 aromatic rings. The minimum atomic E-state index is -1.35. The number of carbonyl (C=O) groups excluding carboxylic acids is 2. The zero-order valence-electron chi connectivity index (χ0n) is 10.8. The zero-order valence-corrected chi connectivity index (χ0v) is 10.8. The molecule has 9 heteroatoms. The maximum absolute atomic E-state index is 11.6. The highest BCUT2D eigenvalue weighted by Gasteiger charge is 2.20. The fourth-order valence-electron chi connectivity index (χ4n) is 1.44. The monoisotopic (exact) mass is 308 g/mol. The Morgan fingerprint density at radius 1 is 0.818 bits per heavy atom. The lowest BCUT2D eigenvalue weighted by Gasteiger charge is -2.00. The smallest absolute Gasteiger partial charge is 0.374 e. The third-order valence-corrected chi connectivity index (χ3v) is 2.44. The number of ketones is 1. The van der Waals surface area contributed by atoms with Gasteiger partial charge < -0.3 is 23.8 Å². The summed E-state index contributed by atoms with van der Waals surface area (Å²) in [6.45, 7) is -0.714. The number of hydrogen-bond acceptors (Lipinski definition) is 7. The fourth-order valence-corrected chi connectivity index (χ4v) is 1.44. The molecule has 0 radical (unpaired) electrons. The van der Waals surface area contributed by atoms with Gasteiger partial charge in [0.2, 0.25) is 23.1 Å². The van der Waals surface area contributed by atoms with Gasteiger partial charge in [0.1, 0.15) is 0 Å². The van der Waals surface area contributed by atoms with Crippen molar-refractivity contribution in [3.05, 3.63) is 47.3 Å². The molecule has 0 saturated heterocycles. The molecule has 0 saturated carbocycles. The molecule has 0 aliphatic heterocycles. The molecule has 2 rings (SSSR count). The van der Waals surface area contributed by atoms with Crippen LogP contribution in [-0.4, -0.2) is 40.5 Å². The lowest BCUT2D eigenvalue weighted by Crippen LogP contribution is -2.13. The number of esters is 1. The number of ether oxygens (including phenoxy) is 1. The van der Waals surface area contributed by atoms with E-state index in [9.17, 15) is 19.2 Å². The van der Waals surface area contributed by atoms with Crippen molar-refractivity contribution in [1.82, 2.24) is 0 Å². The summed E-state index contributed by atoms with van der Waals surface area (Å²) < 4.78 is 14.1. The van der Waals surface area contributed by atoms with Crippen LogP contribution in [-0.2, 0) is 4.74 Å². The first-order valence-electron chi connectivity index (χ1n) is 5.75. The Morgan fingerprint density at radius 2 is 1.27 bits per heavy atom. The first kappa shape index (κ1) is 15.0. The summed E-state index contributed by atoms with van der Waals surface area (Å²) in [4.78, 5) is 44.4. The number of hydrogen-bond donors (Lipinski definition) is 2. The average molecular weight is 308 g/mol. The van der Waals surface area contributed by atoms with Crippen LogP contribution in [0.25, 0.3) is 0 Å². The van der Waals surface area contributed by atoms with E-state index in [4.69, 9.17) is 19.0 Å². The molecule has 0 fully saturated rings. The van der Waals surface area contributed by atoms with Gasteiger partial charge in [0.25, 0.3) is 0 Å². The van der Waals surface area contributed by atoms with Crippen LogP contribution >= 0.6 is 0 Å². The predicted molar refractivity (Wildman–Crippen MR) is 65.9 cm³/mol. The van der Waals surface area contributed by atoms with E-state index in [2.05, 4.69) is 4.74 Å². The van der Waals surface area contributed by atoms with E-state index >= 15 is 0 Å². The largest absolute Gasteiger partial charge is 0.475 e. The maximum atomic E-state index is 11.6. The van der Waals surface area contributed by atoms with Crippen LogP contribution in [0.2, 0.25) is 0 Å². The van der Waals surface area contributed by atoms with Crippen LogP contribution < -0.4 is 0 Å². The molecule has 2 N–H and O–H groups in total. The summed E-state index contributed by atoms with van der Waals surface area (Å²) in [5, 5.41) is 17.3. The van der Waals surface area contributed by atoms with Crippen LogP contribution in [0.4, 0.5) is 0 Å². The Balaban J connectivity index is 1.96. The molecule has 9 nitrogen and oxygen atoms in total. The third kappa shape index (κ3) is 3.20. The Morgan fingerprint density at radius 3 is 1.77 bits per heavy atom. The molecular formula is C13H8O9. The van der Waals surface area contributed by atoms with E-state index in [0.29, 0.717) is 0 Å². The summed E-state index contributed by atoms with van der Waals surface area (Å²) in [6.07, 6.45) is 0. The van der Waals surface area contributed by atoms with Crippen molar-refractivity contribution in [2.75, 3.05) is 6.61 Å². The summed E-state index contributed by atoms with van der Waals surface area (Å²) >= 11 is 0.